The third kappa shape index (κ3) is 3.30. The molecule has 0 aliphatic carbocycles. The number of carbonyl (C=O) groups is 1. The molecule has 0 saturated carbocycles. The van der Waals surface area contributed by atoms with E-state index in [1.54, 1.807) is 17.9 Å². The van der Waals surface area contributed by atoms with E-state index in [0.29, 0.717) is 12.2 Å². The molecule has 100 valence electrons. The molecule has 1 aromatic carbocycles. The minimum absolute atomic E-state index is 0.103. The normalized spacial score (nSPS) is 12.4. The van der Waals surface area contributed by atoms with Crippen LogP contribution in [0.4, 0.5) is 0 Å². The number of ether oxygens (including phenoxy) is 1. The van der Waals surface area contributed by atoms with E-state index in [1.807, 2.05) is 31.2 Å². The average molecular weight is 323 g/mol. The lowest BCUT2D eigenvalue weighted by Crippen LogP contribution is -2.10. The molecule has 0 aliphatic heterocycles. The van der Waals surface area contributed by atoms with Crippen molar-refractivity contribution in [2.75, 3.05) is 7.11 Å². The van der Waals surface area contributed by atoms with Crippen LogP contribution in [0.15, 0.2) is 34.8 Å². The summed E-state index contributed by atoms with van der Waals surface area (Å²) in [7, 11) is 1.64. The number of rotatable bonds is 5. The van der Waals surface area contributed by atoms with Crippen molar-refractivity contribution < 1.29 is 9.53 Å². The second kappa shape index (κ2) is 6.12. The highest BCUT2D eigenvalue weighted by molar-refractivity contribution is 9.10. The van der Waals surface area contributed by atoms with E-state index in [-0.39, 0.29) is 6.10 Å². The predicted molar refractivity (Wildman–Crippen MR) is 76.3 cm³/mol. The number of hydrogen-bond donors (Lipinski definition) is 0. The van der Waals surface area contributed by atoms with Crippen molar-refractivity contribution in [2.45, 2.75) is 19.6 Å². The molecule has 0 radical (unpaired) electrons. The van der Waals surface area contributed by atoms with Crippen LogP contribution in [0.1, 0.15) is 34.8 Å². The number of benzene rings is 1. The van der Waals surface area contributed by atoms with E-state index in [1.165, 1.54) is 0 Å². The van der Waals surface area contributed by atoms with Gasteiger partial charge in [0.05, 0.1) is 18.3 Å². The SMILES string of the molecule is COC(C)c1cc(C=O)nn1Cc1cccc(Br)c1. The molecular formula is C14H15BrN2O2. The van der Waals surface area contributed by atoms with Gasteiger partial charge in [0.15, 0.2) is 6.29 Å². The van der Waals surface area contributed by atoms with Gasteiger partial charge in [0, 0.05) is 11.6 Å². The number of hydrogen-bond acceptors (Lipinski definition) is 3. The molecule has 0 spiro atoms. The van der Waals surface area contributed by atoms with Gasteiger partial charge in [-0.25, -0.2) is 0 Å². The van der Waals surface area contributed by atoms with Gasteiger partial charge in [-0.3, -0.25) is 9.48 Å². The fourth-order valence-corrected chi connectivity index (χ4v) is 2.34. The molecule has 0 amide bonds. The van der Waals surface area contributed by atoms with Crippen LogP contribution >= 0.6 is 15.9 Å². The fourth-order valence-electron chi connectivity index (χ4n) is 1.89. The Balaban J connectivity index is 2.33. The molecule has 5 heteroatoms. The smallest absolute Gasteiger partial charge is 0.170 e. The topological polar surface area (TPSA) is 44.1 Å². The molecule has 2 aromatic rings. The van der Waals surface area contributed by atoms with Gasteiger partial charge in [-0.05, 0) is 30.7 Å². The maximum atomic E-state index is 10.9. The first-order chi connectivity index (χ1) is 9.13. The zero-order valence-corrected chi connectivity index (χ0v) is 12.4. The summed E-state index contributed by atoms with van der Waals surface area (Å²) in [5, 5.41) is 4.28. The Morgan fingerprint density at radius 2 is 2.26 bits per heavy atom. The largest absolute Gasteiger partial charge is 0.375 e. The maximum Gasteiger partial charge on any atom is 0.170 e. The van der Waals surface area contributed by atoms with Gasteiger partial charge in [-0.15, -0.1) is 0 Å². The summed E-state index contributed by atoms with van der Waals surface area (Å²) in [6, 6.07) is 9.77. The van der Waals surface area contributed by atoms with Crippen LogP contribution in [0.25, 0.3) is 0 Å². The molecule has 0 aliphatic rings. The quantitative estimate of drug-likeness (QED) is 0.794. The van der Waals surface area contributed by atoms with Gasteiger partial charge in [0.1, 0.15) is 5.69 Å². The minimum Gasteiger partial charge on any atom is -0.375 e. The summed E-state index contributed by atoms with van der Waals surface area (Å²) >= 11 is 3.44. The van der Waals surface area contributed by atoms with Gasteiger partial charge in [0.2, 0.25) is 0 Å². The van der Waals surface area contributed by atoms with Crippen molar-refractivity contribution in [1.29, 1.82) is 0 Å². The van der Waals surface area contributed by atoms with Gasteiger partial charge >= 0.3 is 0 Å². The van der Waals surface area contributed by atoms with Crippen LogP contribution in [0, 0.1) is 0 Å². The van der Waals surface area contributed by atoms with Crippen molar-refractivity contribution in [2.24, 2.45) is 0 Å². The van der Waals surface area contributed by atoms with Crippen LogP contribution in [-0.4, -0.2) is 23.2 Å². The summed E-state index contributed by atoms with van der Waals surface area (Å²) < 4.78 is 8.14. The highest BCUT2D eigenvalue weighted by Crippen LogP contribution is 2.19. The van der Waals surface area contributed by atoms with Crippen LogP contribution in [0.3, 0.4) is 0 Å². The summed E-state index contributed by atoms with van der Waals surface area (Å²) in [5.74, 6) is 0. The molecule has 1 atom stereocenters. The van der Waals surface area contributed by atoms with Gasteiger partial charge in [0.25, 0.3) is 0 Å². The van der Waals surface area contributed by atoms with Crippen LogP contribution in [0.2, 0.25) is 0 Å². The van der Waals surface area contributed by atoms with E-state index in [9.17, 15) is 4.79 Å². The minimum atomic E-state index is -0.103. The van der Waals surface area contributed by atoms with E-state index in [0.717, 1.165) is 22.0 Å². The third-order valence-electron chi connectivity index (χ3n) is 2.94. The van der Waals surface area contributed by atoms with Crippen LogP contribution < -0.4 is 0 Å². The van der Waals surface area contributed by atoms with Gasteiger partial charge in [-0.2, -0.15) is 5.10 Å². The number of halogens is 1. The molecule has 0 N–H and O–H groups in total. The van der Waals surface area contributed by atoms with Gasteiger partial charge in [-0.1, -0.05) is 28.1 Å². The Kier molecular flexibility index (Phi) is 4.50. The fraction of sp³-hybridized carbons (Fsp3) is 0.286. The second-order valence-corrected chi connectivity index (χ2v) is 5.19. The highest BCUT2D eigenvalue weighted by atomic mass is 79.9. The zero-order valence-electron chi connectivity index (χ0n) is 10.8. The van der Waals surface area contributed by atoms with E-state index in [2.05, 4.69) is 21.0 Å². The van der Waals surface area contributed by atoms with E-state index < -0.39 is 0 Å². The number of nitrogens with zero attached hydrogens (tertiary/aromatic N) is 2. The summed E-state index contributed by atoms with van der Waals surface area (Å²) in [6.07, 6.45) is 0.650. The third-order valence-corrected chi connectivity index (χ3v) is 3.44. The molecule has 1 heterocycles. The molecule has 0 bridgehead atoms. The monoisotopic (exact) mass is 322 g/mol. The number of methoxy groups -OCH3 is 1. The number of aromatic nitrogens is 2. The van der Waals surface area contributed by atoms with Crippen molar-refractivity contribution in [3.8, 4) is 0 Å². The highest BCUT2D eigenvalue weighted by Gasteiger charge is 2.14. The van der Waals surface area contributed by atoms with E-state index in [4.69, 9.17) is 4.74 Å². The van der Waals surface area contributed by atoms with Gasteiger partial charge < -0.3 is 4.74 Å². The van der Waals surface area contributed by atoms with E-state index >= 15 is 0 Å². The zero-order chi connectivity index (χ0) is 13.8. The van der Waals surface area contributed by atoms with Crippen molar-refractivity contribution in [1.82, 2.24) is 9.78 Å². The lowest BCUT2D eigenvalue weighted by molar-refractivity contribution is 0.111. The van der Waals surface area contributed by atoms with Crippen molar-refractivity contribution in [3.05, 3.63) is 51.8 Å². The Bertz CT molecular complexity index is 581. The molecular weight excluding hydrogens is 308 g/mol. The summed E-state index contributed by atoms with van der Waals surface area (Å²) in [5.41, 5.74) is 2.43. The average Bonchev–Trinajstić information content (AvgIpc) is 2.81. The Labute approximate surface area is 120 Å². The summed E-state index contributed by atoms with van der Waals surface area (Å²) in [4.78, 5) is 10.9. The first-order valence-corrected chi connectivity index (χ1v) is 6.73. The van der Waals surface area contributed by atoms with Crippen molar-refractivity contribution in [3.63, 3.8) is 0 Å². The Hall–Kier alpha value is -1.46. The standard InChI is InChI=1S/C14H15BrN2O2/c1-10(19-2)14-7-13(9-18)16-17(14)8-11-4-3-5-12(15)6-11/h3-7,9-10H,8H2,1-2H3. The lowest BCUT2D eigenvalue weighted by atomic mass is 10.2. The summed E-state index contributed by atoms with van der Waals surface area (Å²) in [6.45, 7) is 2.54. The Morgan fingerprint density at radius 1 is 1.47 bits per heavy atom. The maximum absolute atomic E-state index is 10.9. The molecule has 2 rings (SSSR count). The number of carbonyl (C=O) groups excluding carboxylic acids is 1. The molecule has 0 saturated heterocycles. The molecule has 1 aromatic heterocycles. The first-order valence-electron chi connectivity index (χ1n) is 5.94. The van der Waals surface area contributed by atoms with Crippen LogP contribution in [-0.2, 0) is 11.3 Å². The molecule has 0 fully saturated rings. The first kappa shape index (κ1) is 14.0. The Morgan fingerprint density at radius 3 is 2.89 bits per heavy atom. The lowest BCUT2D eigenvalue weighted by Gasteiger charge is -2.12. The second-order valence-electron chi connectivity index (χ2n) is 4.28. The number of aldehydes is 1. The van der Waals surface area contributed by atoms with Crippen molar-refractivity contribution >= 4 is 22.2 Å². The predicted octanol–water partition coefficient (Wildman–Crippen LogP) is 3.21. The molecule has 1 unspecified atom stereocenters. The van der Waals surface area contributed by atoms with Crippen LogP contribution in [0.5, 0.6) is 0 Å². The molecule has 4 nitrogen and oxygen atoms in total. The molecule has 19 heavy (non-hydrogen) atoms.